The van der Waals surface area contributed by atoms with Crippen LogP contribution in [0.1, 0.15) is 30.5 Å². The lowest BCUT2D eigenvalue weighted by molar-refractivity contribution is -0.115. The number of carbonyl (C=O) groups excluding carboxylic acids is 1. The fourth-order valence-corrected chi connectivity index (χ4v) is 3.61. The molecule has 7 heteroatoms. The largest absolute Gasteiger partial charge is 0.379 e. The fraction of sp³-hybridized carbons (Fsp3) is 0.440. The summed E-state index contributed by atoms with van der Waals surface area (Å²) in [6.07, 6.45) is 0.937. The molecule has 1 aliphatic heterocycles. The molecule has 2 aromatic rings. The van der Waals surface area contributed by atoms with Gasteiger partial charge in [-0.2, -0.15) is 0 Å². The molecule has 1 aliphatic rings. The second kappa shape index (κ2) is 12.8. The number of carbonyl (C=O) groups is 1. The van der Waals surface area contributed by atoms with Gasteiger partial charge in [0.2, 0.25) is 5.91 Å². The molecular formula is C25H35N5O2. The number of ether oxygens (including phenoxy) is 1. The zero-order chi connectivity index (χ0) is 22.6. The van der Waals surface area contributed by atoms with E-state index in [9.17, 15) is 4.79 Å². The number of aliphatic imine (C=N–C) groups is 1. The number of morpholine rings is 1. The SMILES string of the molecule is CCNC(=NCc1ccccc1CN1CCOCC1)NCC(=O)Nc1cccc(CC)c1. The highest BCUT2D eigenvalue weighted by molar-refractivity contribution is 5.95. The second-order valence-electron chi connectivity index (χ2n) is 7.81. The first-order chi connectivity index (χ1) is 15.7. The third-order valence-electron chi connectivity index (χ3n) is 5.40. The third-order valence-corrected chi connectivity index (χ3v) is 5.40. The van der Waals surface area contributed by atoms with Gasteiger partial charge < -0.3 is 20.7 Å². The van der Waals surface area contributed by atoms with Crippen LogP contribution in [0.3, 0.4) is 0 Å². The molecule has 0 aliphatic carbocycles. The monoisotopic (exact) mass is 437 g/mol. The average molecular weight is 438 g/mol. The van der Waals surface area contributed by atoms with Crippen molar-refractivity contribution in [3.63, 3.8) is 0 Å². The summed E-state index contributed by atoms with van der Waals surface area (Å²) in [6, 6.07) is 16.3. The van der Waals surface area contributed by atoms with Crippen LogP contribution in [0.4, 0.5) is 5.69 Å². The van der Waals surface area contributed by atoms with E-state index in [1.807, 2.05) is 31.2 Å². The number of nitrogens with one attached hydrogen (secondary N) is 3. The molecule has 172 valence electrons. The second-order valence-corrected chi connectivity index (χ2v) is 7.81. The Kier molecular flexibility index (Phi) is 9.53. The maximum atomic E-state index is 12.4. The number of nitrogens with zero attached hydrogens (tertiary/aromatic N) is 2. The number of rotatable bonds is 9. The van der Waals surface area contributed by atoms with Crippen LogP contribution < -0.4 is 16.0 Å². The van der Waals surface area contributed by atoms with Crippen LogP contribution in [0.25, 0.3) is 0 Å². The summed E-state index contributed by atoms with van der Waals surface area (Å²) in [5.41, 5.74) is 4.48. The van der Waals surface area contributed by atoms with Crippen molar-refractivity contribution in [2.75, 3.05) is 44.7 Å². The molecule has 0 atom stereocenters. The minimum atomic E-state index is -0.100. The Morgan fingerprint density at radius 1 is 1.03 bits per heavy atom. The highest BCUT2D eigenvalue weighted by atomic mass is 16.5. The van der Waals surface area contributed by atoms with Crippen molar-refractivity contribution < 1.29 is 9.53 Å². The Hall–Kier alpha value is -2.90. The van der Waals surface area contributed by atoms with Gasteiger partial charge in [-0.05, 0) is 42.2 Å². The van der Waals surface area contributed by atoms with Gasteiger partial charge in [0.25, 0.3) is 0 Å². The van der Waals surface area contributed by atoms with E-state index < -0.39 is 0 Å². The molecule has 7 nitrogen and oxygen atoms in total. The summed E-state index contributed by atoms with van der Waals surface area (Å²) in [4.78, 5) is 19.5. The molecule has 0 bridgehead atoms. The van der Waals surface area contributed by atoms with Gasteiger partial charge >= 0.3 is 0 Å². The third kappa shape index (κ3) is 7.66. The van der Waals surface area contributed by atoms with Crippen LogP contribution in [0, 0.1) is 0 Å². The van der Waals surface area contributed by atoms with Gasteiger partial charge in [-0.1, -0.05) is 43.3 Å². The zero-order valence-corrected chi connectivity index (χ0v) is 19.2. The van der Waals surface area contributed by atoms with Crippen molar-refractivity contribution in [3.8, 4) is 0 Å². The topological polar surface area (TPSA) is 78.0 Å². The van der Waals surface area contributed by atoms with Crippen LogP contribution in [0.15, 0.2) is 53.5 Å². The van der Waals surface area contributed by atoms with Gasteiger partial charge in [-0.3, -0.25) is 9.69 Å². The first-order valence-corrected chi connectivity index (χ1v) is 11.5. The molecule has 1 saturated heterocycles. The van der Waals surface area contributed by atoms with E-state index in [0.29, 0.717) is 12.5 Å². The molecule has 0 spiro atoms. The lowest BCUT2D eigenvalue weighted by Gasteiger charge is -2.27. The summed E-state index contributed by atoms with van der Waals surface area (Å²) in [7, 11) is 0. The van der Waals surface area contributed by atoms with E-state index in [-0.39, 0.29) is 12.5 Å². The first kappa shape index (κ1) is 23.8. The standard InChI is InChI=1S/C25H35N5O2/c1-3-20-8-7-11-23(16-20)29-24(31)18-28-25(26-4-2)27-17-21-9-5-6-10-22(21)19-30-12-14-32-15-13-30/h5-11,16H,3-4,12-15,17-19H2,1-2H3,(H,29,31)(H2,26,27,28). The van der Waals surface area contributed by atoms with Crippen LogP contribution in [0.5, 0.6) is 0 Å². The molecule has 1 amide bonds. The Morgan fingerprint density at radius 3 is 2.56 bits per heavy atom. The average Bonchev–Trinajstić information content (AvgIpc) is 2.82. The Labute approximate surface area is 191 Å². The normalized spacial score (nSPS) is 14.8. The summed E-state index contributed by atoms with van der Waals surface area (Å²) in [5.74, 6) is 0.530. The van der Waals surface area contributed by atoms with Crippen LogP contribution in [0.2, 0.25) is 0 Å². The van der Waals surface area contributed by atoms with Crippen molar-refractivity contribution in [1.29, 1.82) is 0 Å². The Balaban J connectivity index is 1.57. The molecule has 0 saturated carbocycles. The Bertz CT molecular complexity index is 893. The summed E-state index contributed by atoms with van der Waals surface area (Å²) in [5, 5.41) is 9.31. The van der Waals surface area contributed by atoms with E-state index in [1.54, 1.807) is 0 Å². The van der Waals surface area contributed by atoms with Crippen molar-refractivity contribution in [3.05, 3.63) is 65.2 Å². The predicted molar refractivity (Wildman–Crippen MR) is 130 cm³/mol. The molecule has 3 rings (SSSR count). The molecule has 0 radical (unpaired) electrons. The maximum Gasteiger partial charge on any atom is 0.243 e. The molecule has 3 N–H and O–H groups in total. The smallest absolute Gasteiger partial charge is 0.243 e. The van der Waals surface area contributed by atoms with Crippen molar-refractivity contribution >= 4 is 17.6 Å². The minimum absolute atomic E-state index is 0.100. The number of hydrogen-bond donors (Lipinski definition) is 3. The number of aryl methyl sites for hydroxylation is 1. The summed E-state index contributed by atoms with van der Waals surface area (Å²) >= 11 is 0. The van der Waals surface area contributed by atoms with Gasteiger partial charge in [0.1, 0.15) is 0 Å². The first-order valence-electron chi connectivity index (χ1n) is 11.5. The maximum absolute atomic E-state index is 12.4. The van der Waals surface area contributed by atoms with Crippen molar-refractivity contribution in [1.82, 2.24) is 15.5 Å². The highest BCUT2D eigenvalue weighted by Gasteiger charge is 2.13. The minimum Gasteiger partial charge on any atom is -0.379 e. The predicted octanol–water partition coefficient (Wildman–Crippen LogP) is 2.78. The zero-order valence-electron chi connectivity index (χ0n) is 19.2. The van der Waals surface area contributed by atoms with E-state index in [1.165, 1.54) is 16.7 Å². The van der Waals surface area contributed by atoms with Crippen LogP contribution in [-0.2, 0) is 29.0 Å². The number of guanidine groups is 1. The van der Waals surface area contributed by atoms with E-state index >= 15 is 0 Å². The van der Waals surface area contributed by atoms with Crippen molar-refractivity contribution in [2.24, 2.45) is 4.99 Å². The van der Waals surface area contributed by atoms with E-state index in [4.69, 9.17) is 9.73 Å². The molecule has 32 heavy (non-hydrogen) atoms. The molecule has 0 aromatic heterocycles. The summed E-state index contributed by atoms with van der Waals surface area (Å²) in [6.45, 7) is 9.93. The van der Waals surface area contributed by atoms with E-state index in [2.05, 4.69) is 52.0 Å². The lowest BCUT2D eigenvalue weighted by Crippen LogP contribution is -2.41. The number of hydrogen-bond acceptors (Lipinski definition) is 4. The van der Waals surface area contributed by atoms with E-state index in [0.717, 1.165) is 51.5 Å². The molecule has 1 fully saturated rings. The van der Waals surface area contributed by atoms with Crippen molar-refractivity contribution in [2.45, 2.75) is 33.4 Å². The van der Waals surface area contributed by atoms with Gasteiger partial charge in [0.15, 0.2) is 5.96 Å². The molecule has 0 unspecified atom stereocenters. The number of benzene rings is 2. The number of amides is 1. The van der Waals surface area contributed by atoms with Gasteiger partial charge in [-0.15, -0.1) is 0 Å². The molecule has 2 aromatic carbocycles. The van der Waals surface area contributed by atoms with Crippen LogP contribution in [-0.4, -0.2) is 56.2 Å². The fourth-order valence-electron chi connectivity index (χ4n) is 3.61. The lowest BCUT2D eigenvalue weighted by atomic mass is 10.1. The quantitative estimate of drug-likeness (QED) is 0.415. The number of anilines is 1. The van der Waals surface area contributed by atoms with Gasteiger partial charge in [-0.25, -0.2) is 4.99 Å². The molecule has 1 heterocycles. The molecular weight excluding hydrogens is 402 g/mol. The van der Waals surface area contributed by atoms with Gasteiger partial charge in [0, 0.05) is 31.9 Å². The van der Waals surface area contributed by atoms with Crippen LogP contribution >= 0.6 is 0 Å². The Morgan fingerprint density at radius 2 is 1.81 bits per heavy atom. The highest BCUT2D eigenvalue weighted by Crippen LogP contribution is 2.14. The summed E-state index contributed by atoms with van der Waals surface area (Å²) < 4.78 is 5.46. The van der Waals surface area contributed by atoms with Gasteiger partial charge in [0.05, 0.1) is 26.3 Å².